The molecule has 0 saturated carbocycles. The minimum Gasteiger partial charge on any atom is -0.264 e. The van der Waals surface area contributed by atoms with Gasteiger partial charge in [-0.2, -0.15) is 27.1 Å². The van der Waals surface area contributed by atoms with Gasteiger partial charge in [-0.05, 0) is 29.5 Å². The van der Waals surface area contributed by atoms with E-state index >= 15 is 0 Å². The van der Waals surface area contributed by atoms with E-state index in [1.54, 1.807) is 6.92 Å². The Kier molecular flexibility index (Phi) is 3.31. The lowest BCUT2D eigenvalue weighted by molar-refractivity contribution is -0.328. The number of hydrazone groups is 1. The summed E-state index contributed by atoms with van der Waals surface area (Å²) in [5.74, 6) is 0. The summed E-state index contributed by atoms with van der Waals surface area (Å²) in [6.45, 7) is 1.87. The minimum atomic E-state index is -5.60. The molecular formula is C6H7F5IN3. The van der Waals surface area contributed by atoms with Crippen LogP contribution in [0.5, 0.6) is 0 Å². The fourth-order valence-electron chi connectivity index (χ4n) is 0.961. The molecule has 0 aromatic rings. The maximum atomic E-state index is 12.9. The lowest BCUT2D eigenvalue weighted by atomic mass is 10.5. The molecule has 1 aliphatic heterocycles. The summed E-state index contributed by atoms with van der Waals surface area (Å²) in [5.41, 5.74) is 0. The molecule has 0 N–H and O–H groups in total. The summed E-state index contributed by atoms with van der Waals surface area (Å²) in [7, 11) is 0. The van der Waals surface area contributed by atoms with Crippen LogP contribution < -0.4 is 0 Å². The summed E-state index contributed by atoms with van der Waals surface area (Å²) in [6, 6.07) is -4.90. The Morgan fingerprint density at radius 3 is 2.20 bits per heavy atom. The van der Waals surface area contributed by atoms with Crippen molar-refractivity contribution in [2.75, 3.05) is 6.54 Å². The van der Waals surface area contributed by atoms with Crippen LogP contribution in [0.2, 0.25) is 0 Å². The Morgan fingerprint density at radius 1 is 1.33 bits per heavy atom. The molecule has 1 heterocycles. The molecule has 0 aromatic carbocycles. The van der Waals surface area contributed by atoms with Crippen LogP contribution in [0.15, 0.2) is 5.10 Å². The van der Waals surface area contributed by atoms with Crippen molar-refractivity contribution in [1.29, 1.82) is 0 Å². The highest BCUT2D eigenvalue weighted by molar-refractivity contribution is 14.1. The molecule has 0 aliphatic carbocycles. The summed E-state index contributed by atoms with van der Waals surface area (Å²) in [5, 5.41) is 4.57. The number of nitrogens with zero attached hydrogens (tertiary/aromatic N) is 3. The fraction of sp³-hybridized carbons (Fsp3) is 0.833. The normalized spacial score (nSPS) is 22.7. The molecule has 3 nitrogen and oxygen atoms in total. The molecule has 15 heavy (non-hydrogen) atoms. The van der Waals surface area contributed by atoms with Gasteiger partial charge < -0.3 is 0 Å². The van der Waals surface area contributed by atoms with Crippen molar-refractivity contribution in [3.05, 3.63) is 0 Å². The second-order valence-corrected chi connectivity index (χ2v) is 3.86. The number of hydrogen-bond acceptors (Lipinski definition) is 3. The highest BCUT2D eigenvalue weighted by Gasteiger charge is 2.64. The summed E-state index contributed by atoms with van der Waals surface area (Å²) >= 11 is 1.47. The van der Waals surface area contributed by atoms with Crippen molar-refractivity contribution in [2.24, 2.45) is 5.10 Å². The van der Waals surface area contributed by atoms with Gasteiger partial charge in [0.25, 0.3) is 0 Å². The van der Waals surface area contributed by atoms with Gasteiger partial charge in [-0.3, -0.25) is 9.91 Å². The van der Waals surface area contributed by atoms with Gasteiger partial charge in [0.15, 0.2) is 4.17 Å². The molecule has 1 atom stereocenters. The van der Waals surface area contributed by atoms with E-state index < -0.39 is 16.4 Å². The Hall–Kier alpha value is -0.350. The van der Waals surface area contributed by atoms with Gasteiger partial charge in [-0.15, -0.1) is 0 Å². The molecular weight excluding hydrogens is 336 g/mol. The van der Waals surface area contributed by atoms with Gasteiger partial charge in [0, 0.05) is 6.54 Å². The molecule has 0 saturated heterocycles. The van der Waals surface area contributed by atoms with E-state index in [0.717, 1.165) is 5.01 Å². The van der Waals surface area contributed by atoms with Crippen LogP contribution in [0.4, 0.5) is 22.0 Å². The lowest BCUT2D eigenvalue weighted by Gasteiger charge is -2.32. The summed E-state index contributed by atoms with van der Waals surface area (Å²) in [4.78, 5) is -0.114. The van der Waals surface area contributed by atoms with E-state index in [9.17, 15) is 22.0 Å². The molecule has 0 fully saturated rings. The monoisotopic (exact) mass is 343 g/mol. The van der Waals surface area contributed by atoms with E-state index in [0.29, 0.717) is 6.34 Å². The zero-order valence-corrected chi connectivity index (χ0v) is 9.63. The van der Waals surface area contributed by atoms with Crippen LogP contribution in [0.3, 0.4) is 0 Å². The Morgan fingerprint density at radius 2 is 1.87 bits per heavy atom. The second-order valence-electron chi connectivity index (χ2n) is 2.74. The highest BCUT2D eigenvalue weighted by atomic mass is 127. The molecule has 88 valence electrons. The molecule has 1 aliphatic rings. The van der Waals surface area contributed by atoms with Crippen molar-refractivity contribution in [1.82, 2.24) is 9.91 Å². The van der Waals surface area contributed by atoms with E-state index in [1.165, 1.54) is 22.6 Å². The lowest BCUT2D eigenvalue weighted by Crippen LogP contribution is -2.54. The SMILES string of the molecule is CCN1N=CN(C(F)(F)C(F)(F)F)C1I. The summed E-state index contributed by atoms with van der Waals surface area (Å²) < 4.78 is 60.7. The topological polar surface area (TPSA) is 18.8 Å². The average molecular weight is 343 g/mol. The molecule has 0 radical (unpaired) electrons. The second kappa shape index (κ2) is 3.91. The third kappa shape index (κ3) is 2.11. The highest BCUT2D eigenvalue weighted by Crippen LogP contribution is 2.41. The standard InChI is InChI=1S/C6H7F5IN3/c1-2-15-4(12)14(3-13-15)6(10,11)5(7,8)9/h3-4H,2H2,1H3. The number of rotatable bonds is 2. The molecule has 1 rings (SSSR count). The van der Waals surface area contributed by atoms with Crippen molar-refractivity contribution < 1.29 is 22.0 Å². The van der Waals surface area contributed by atoms with Crippen LogP contribution in [0.25, 0.3) is 0 Å². The molecule has 0 amide bonds. The Labute approximate surface area is 96.0 Å². The molecule has 0 spiro atoms. The van der Waals surface area contributed by atoms with E-state index in [1.807, 2.05) is 0 Å². The zero-order chi connectivity index (χ0) is 11.9. The van der Waals surface area contributed by atoms with Crippen molar-refractivity contribution in [3.63, 3.8) is 0 Å². The molecule has 0 aromatic heterocycles. The van der Waals surface area contributed by atoms with Gasteiger partial charge in [0.1, 0.15) is 6.34 Å². The van der Waals surface area contributed by atoms with Gasteiger partial charge >= 0.3 is 12.2 Å². The van der Waals surface area contributed by atoms with Gasteiger partial charge in [0.2, 0.25) is 0 Å². The Bertz CT molecular complexity index is 266. The average Bonchev–Trinajstić information content (AvgIpc) is 2.44. The van der Waals surface area contributed by atoms with Gasteiger partial charge in [0.05, 0.1) is 0 Å². The molecule has 1 unspecified atom stereocenters. The first-order chi connectivity index (χ1) is 6.71. The van der Waals surface area contributed by atoms with Gasteiger partial charge in [-0.25, -0.2) is 0 Å². The maximum Gasteiger partial charge on any atom is 0.475 e. The van der Waals surface area contributed by atoms with Crippen molar-refractivity contribution >= 4 is 28.9 Å². The predicted molar refractivity (Wildman–Crippen MR) is 51.5 cm³/mol. The van der Waals surface area contributed by atoms with Crippen LogP contribution >= 0.6 is 22.6 Å². The van der Waals surface area contributed by atoms with Gasteiger partial charge in [-0.1, -0.05) is 0 Å². The number of hydrogen-bond donors (Lipinski definition) is 0. The Balaban J connectivity index is 2.88. The summed E-state index contributed by atoms with van der Waals surface area (Å²) in [6.07, 6.45) is -5.10. The first-order valence-corrected chi connectivity index (χ1v) is 5.14. The third-order valence-electron chi connectivity index (χ3n) is 1.79. The first-order valence-electron chi connectivity index (χ1n) is 3.89. The van der Waals surface area contributed by atoms with E-state index in [-0.39, 0.29) is 11.4 Å². The van der Waals surface area contributed by atoms with E-state index in [4.69, 9.17) is 0 Å². The van der Waals surface area contributed by atoms with Crippen LogP contribution in [-0.4, -0.2) is 39.2 Å². The van der Waals surface area contributed by atoms with Crippen LogP contribution in [0.1, 0.15) is 6.92 Å². The first kappa shape index (κ1) is 12.7. The van der Waals surface area contributed by atoms with E-state index in [2.05, 4.69) is 5.10 Å². The van der Waals surface area contributed by atoms with Crippen LogP contribution in [-0.2, 0) is 0 Å². The van der Waals surface area contributed by atoms with Crippen LogP contribution in [0, 0.1) is 0 Å². The van der Waals surface area contributed by atoms with Crippen molar-refractivity contribution in [3.8, 4) is 0 Å². The number of alkyl halides is 6. The van der Waals surface area contributed by atoms with Crippen molar-refractivity contribution in [2.45, 2.75) is 23.3 Å². The third-order valence-corrected chi connectivity index (χ3v) is 3.03. The zero-order valence-electron chi connectivity index (χ0n) is 7.47. The minimum absolute atomic E-state index is 0.114. The molecule has 0 bridgehead atoms. The predicted octanol–water partition coefficient (Wildman–Crippen LogP) is 2.44. The quantitative estimate of drug-likeness (QED) is 0.332. The number of halogens is 6. The largest absolute Gasteiger partial charge is 0.475 e. The maximum absolute atomic E-state index is 12.9. The smallest absolute Gasteiger partial charge is 0.264 e. The fourth-order valence-corrected chi connectivity index (χ4v) is 1.99. The molecule has 9 heteroatoms.